The Hall–Kier alpha value is -1.59. The summed E-state index contributed by atoms with van der Waals surface area (Å²) in [5, 5.41) is 18.9. The van der Waals surface area contributed by atoms with Crippen molar-refractivity contribution < 1.29 is 19.7 Å². The minimum Gasteiger partial charge on any atom is -0.444 e. The lowest BCUT2D eigenvalue weighted by molar-refractivity contribution is -0.0165. The SMILES string of the molecule is C[C@@H]([C@H](O)CO)N(Cc1ccccc1)C(=O)OC(C)(C)C. The van der Waals surface area contributed by atoms with Gasteiger partial charge in [-0.3, -0.25) is 4.90 Å². The average molecular weight is 295 g/mol. The highest BCUT2D eigenvalue weighted by molar-refractivity contribution is 5.68. The van der Waals surface area contributed by atoms with Crippen LogP contribution in [0.4, 0.5) is 4.79 Å². The number of benzene rings is 1. The fraction of sp³-hybridized carbons (Fsp3) is 0.562. The number of aliphatic hydroxyl groups is 2. The van der Waals surface area contributed by atoms with E-state index in [1.165, 1.54) is 4.90 Å². The van der Waals surface area contributed by atoms with Gasteiger partial charge in [-0.15, -0.1) is 0 Å². The van der Waals surface area contributed by atoms with E-state index >= 15 is 0 Å². The van der Waals surface area contributed by atoms with Crippen LogP contribution >= 0.6 is 0 Å². The first kappa shape index (κ1) is 17.5. The number of carbonyl (C=O) groups excluding carboxylic acids is 1. The van der Waals surface area contributed by atoms with Crippen molar-refractivity contribution in [1.29, 1.82) is 0 Å². The molecule has 118 valence electrons. The van der Waals surface area contributed by atoms with Crippen LogP contribution in [-0.2, 0) is 11.3 Å². The fourth-order valence-corrected chi connectivity index (χ4v) is 1.84. The van der Waals surface area contributed by atoms with Crippen LogP contribution in [-0.4, -0.2) is 45.6 Å². The molecule has 2 atom stereocenters. The standard InChI is InChI=1S/C16H25NO4/c1-12(14(19)11-18)17(15(20)21-16(2,3)4)10-13-8-6-5-7-9-13/h5-9,12,14,18-19H,10-11H2,1-4H3/t12-,14+/m0/s1. The molecule has 0 saturated carbocycles. The van der Waals surface area contributed by atoms with Gasteiger partial charge >= 0.3 is 6.09 Å². The van der Waals surface area contributed by atoms with E-state index in [0.29, 0.717) is 6.54 Å². The van der Waals surface area contributed by atoms with Crippen LogP contribution in [0.25, 0.3) is 0 Å². The van der Waals surface area contributed by atoms with E-state index in [0.717, 1.165) is 5.56 Å². The lowest BCUT2D eigenvalue weighted by Crippen LogP contribution is -2.47. The van der Waals surface area contributed by atoms with Crippen molar-refractivity contribution in [2.75, 3.05) is 6.61 Å². The number of nitrogens with zero attached hydrogens (tertiary/aromatic N) is 1. The Morgan fingerprint density at radius 3 is 2.33 bits per heavy atom. The second kappa shape index (κ2) is 7.43. The van der Waals surface area contributed by atoms with Gasteiger partial charge in [0.1, 0.15) is 5.60 Å². The Morgan fingerprint density at radius 2 is 1.86 bits per heavy atom. The molecule has 0 spiro atoms. The van der Waals surface area contributed by atoms with Gasteiger partial charge in [-0.25, -0.2) is 4.79 Å². The van der Waals surface area contributed by atoms with Crippen LogP contribution in [0.2, 0.25) is 0 Å². The second-order valence-electron chi connectivity index (χ2n) is 6.08. The third-order valence-corrected chi connectivity index (χ3v) is 3.06. The molecule has 1 aromatic carbocycles. The molecule has 0 heterocycles. The van der Waals surface area contributed by atoms with E-state index < -0.39 is 30.4 Å². The summed E-state index contributed by atoms with van der Waals surface area (Å²) in [6.45, 7) is 6.97. The normalized spacial score (nSPS) is 14.4. The molecular formula is C16H25NO4. The molecule has 1 aromatic rings. The highest BCUT2D eigenvalue weighted by atomic mass is 16.6. The average Bonchev–Trinajstić information content (AvgIpc) is 2.42. The van der Waals surface area contributed by atoms with Gasteiger partial charge in [-0.2, -0.15) is 0 Å². The van der Waals surface area contributed by atoms with Crippen molar-refractivity contribution in [3.05, 3.63) is 35.9 Å². The van der Waals surface area contributed by atoms with Crippen LogP contribution in [0, 0.1) is 0 Å². The monoisotopic (exact) mass is 295 g/mol. The third kappa shape index (κ3) is 5.73. The molecule has 21 heavy (non-hydrogen) atoms. The molecule has 0 aliphatic carbocycles. The number of carbonyl (C=O) groups is 1. The fourth-order valence-electron chi connectivity index (χ4n) is 1.84. The van der Waals surface area contributed by atoms with Crippen LogP contribution in [0.1, 0.15) is 33.3 Å². The molecule has 5 heteroatoms. The summed E-state index contributed by atoms with van der Waals surface area (Å²) in [6, 6.07) is 8.91. The first-order chi connectivity index (χ1) is 9.74. The van der Waals surface area contributed by atoms with Crippen molar-refractivity contribution in [2.45, 2.75) is 52.0 Å². The summed E-state index contributed by atoms with van der Waals surface area (Å²) in [5.41, 5.74) is 0.316. The predicted molar refractivity (Wildman–Crippen MR) is 80.8 cm³/mol. The quantitative estimate of drug-likeness (QED) is 0.873. The molecule has 0 radical (unpaired) electrons. The Labute approximate surface area is 126 Å². The predicted octanol–water partition coefficient (Wildman–Crippen LogP) is 2.17. The van der Waals surface area contributed by atoms with Crippen molar-refractivity contribution in [3.8, 4) is 0 Å². The van der Waals surface area contributed by atoms with Gasteiger partial charge in [-0.05, 0) is 33.3 Å². The second-order valence-corrected chi connectivity index (χ2v) is 6.08. The zero-order chi connectivity index (χ0) is 16.0. The van der Waals surface area contributed by atoms with Crippen molar-refractivity contribution in [1.82, 2.24) is 4.90 Å². The maximum atomic E-state index is 12.3. The van der Waals surface area contributed by atoms with Crippen molar-refractivity contribution >= 4 is 6.09 Å². The number of ether oxygens (including phenoxy) is 1. The van der Waals surface area contributed by atoms with Crippen molar-refractivity contribution in [2.24, 2.45) is 0 Å². The zero-order valence-corrected chi connectivity index (χ0v) is 13.1. The van der Waals surface area contributed by atoms with Gasteiger partial charge in [0, 0.05) is 6.54 Å². The van der Waals surface area contributed by atoms with E-state index in [1.54, 1.807) is 27.7 Å². The van der Waals surface area contributed by atoms with E-state index in [1.807, 2.05) is 30.3 Å². The molecule has 0 aromatic heterocycles. The largest absolute Gasteiger partial charge is 0.444 e. The summed E-state index contributed by atoms with van der Waals surface area (Å²) >= 11 is 0. The minimum absolute atomic E-state index is 0.313. The molecule has 0 bridgehead atoms. The van der Waals surface area contributed by atoms with Crippen LogP contribution in [0.3, 0.4) is 0 Å². The minimum atomic E-state index is -1.01. The van der Waals surface area contributed by atoms with E-state index in [9.17, 15) is 9.90 Å². The molecule has 0 saturated heterocycles. The maximum absolute atomic E-state index is 12.3. The molecule has 1 rings (SSSR count). The molecule has 1 amide bonds. The summed E-state index contributed by atoms with van der Waals surface area (Å²) in [4.78, 5) is 13.8. The van der Waals surface area contributed by atoms with Gasteiger partial charge in [-0.1, -0.05) is 30.3 Å². The highest BCUT2D eigenvalue weighted by Gasteiger charge is 2.29. The molecule has 0 aliphatic rings. The number of hydrogen-bond acceptors (Lipinski definition) is 4. The van der Waals surface area contributed by atoms with Crippen LogP contribution < -0.4 is 0 Å². The lowest BCUT2D eigenvalue weighted by Gasteiger charge is -2.33. The Morgan fingerprint density at radius 1 is 1.29 bits per heavy atom. The molecular weight excluding hydrogens is 270 g/mol. The third-order valence-electron chi connectivity index (χ3n) is 3.06. The van der Waals surface area contributed by atoms with E-state index in [4.69, 9.17) is 9.84 Å². The van der Waals surface area contributed by atoms with Crippen LogP contribution in [0.5, 0.6) is 0 Å². The number of hydrogen-bond donors (Lipinski definition) is 2. The smallest absolute Gasteiger partial charge is 0.410 e. The van der Waals surface area contributed by atoms with Gasteiger partial charge in [0.25, 0.3) is 0 Å². The summed E-state index contributed by atoms with van der Waals surface area (Å²) in [5.74, 6) is 0. The Balaban J connectivity index is 2.91. The highest BCUT2D eigenvalue weighted by Crippen LogP contribution is 2.16. The van der Waals surface area contributed by atoms with Crippen molar-refractivity contribution in [3.63, 3.8) is 0 Å². The lowest BCUT2D eigenvalue weighted by atomic mass is 10.1. The maximum Gasteiger partial charge on any atom is 0.410 e. The van der Waals surface area contributed by atoms with Gasteiger partial charge in [0.05, 0.1) is 18.8 Å². The van der Waals surface area contributed by atoms with E-state index in [2.05, 4.69) is 0 Å². The summed E-state index contributed by atoms with van der Waals surface area (Å²) < 4.78 is 5.38. The number of aliphatic hydroxyl groups excluding tert-OH is 2. The Kier molecular flexibility index (Phi) is 6.18. The first-order valence-corrected chi connectivity index (χ1v) is 7.07. The summed E-state index contributed by atoms with van der Waals surface area (Å²) in [6.07, 6.45) is -1.52. The topological polar surface area (TPSA) is 70.0 Å². The van der Waals surface area contributed by atoms with Gasteiger partial charge in [0.2, 0.25) is 0 Å². The molecule has 0 fully saturated rings. The number of amides is 1. The Bertz CT molecular complexity index is 441. The molecule has 0 unspecified atom stereocenters. The zero-order valence-electron chi connectivity index (χ0n) is 13.1. The van der Waals surface area contributed by atoms with Gasteiger partial charge < -0.3 is 14.9 Å². The first-order valence-electron chi connectivity index (χ1n) is 7.07. The number of rotatable bonds is 5. The van der Waals surface area contributed by atoms with Crippen LogP contribution in [0.15, 0.2) is 30.3 Å². The molecule has 2 N–H and O–H groups in total. The van der Waals surface area contributed by atoms with E-state index in [-0.39, 0.29) is 0 Å². The molecule has 5 nitrogen and oxygen atoms in total. The molecule has 0 aliphatic heterocycles. The summed E-state index contributed by atoms with van der Waals surface area (Å²) in [7, 11) is 0. The van der Waals surface area contributed by atoms with Gasteiger partial charge in [0.15, 0.2) is 0 Å².